The third kappa shape index (κ3) is 4.19. The Labute approximate surface area is 196 Å². The molecular formula is C24H23N3O4S2. The van der Waals surface area contributed by atoms with Crippen LogP contribution in [-0.2, 0) is 16.6 Å². The lowest BCUT2D eigenvalue weighted by Crippen LogP contribution is -2.31. The van der Waals surface area contributed by atoms with Gasteiger partial charge in [-0.15, -0.1) is 0 Å². The number of hydrogen-bond acceptors (Lipinski definition) is 6. The van der Waals surface area contributed by atoms with Crippen LogP contribution in [0.1, 0.15) is 34.5 Å². The van der Waals surface area contributed by atoms with Gasteiger partial charge in [-0.2, -0.15) is 4.31 Å². The number of sulfonamides is 1. The fourth-order valence-electron chi connectivity index (χ4n) is 3.70. The Kier molecular flexibility index (Phi) is 5.55. The lowest BCUT2D eigenvalue weighted by molar-refractivity contribution is 0.0983. The van der Waals surface area contributed by atoms with Gasteiger partial charge < -0.3 is 4.42 Å². The number of furan rings is 1. The van der Waals surface area contributed by atoms with Crippen molar-refractivity contribution in [3.05, 3.63) is 77.7 Å². The number of anilines is 1. The predicted molar refractivity (Wildman–Crippen MR) is 128 cm³/mol. The quantitative estimate of drug-likeness (QED) is 0.378. The molecule has 0 spiro atoms. The van der Waals surface area contributed by atoms with Crippen molar-refractivity contribution >= 4 is 42.6 Å². The summed E-state index contributed by atoms with van der Waals surface area (Å²) in [6.45, 7) is 2.21. The maximum atomic E-state index is 13.5. The largest absolute Gasteiger partial charge is 0.467 e. The van der Waals surface area contributed by atoms with E-state index in [1.807, 2.05) is 31.2 Å². The number of amides is 1. The Bertz CT molecular complexity index is 1410. The zero-order valence-corrected chi connectivity index (χ0v) is 19.9. The molecular weight excluding hydrogens is 458 g/mol. The number of aromatic nitrogens is 1. The highest BCUT2D eigenvalue weighted by Crippen LogP contribution is 2.33. The molecule has 0 radical (unpaired) electrons. The van der Waals surface area contributed by atoms with Gasteiger partial charge in [0.2, 0.25) is 10.0 Å². The summed E-state index contributed by atoms with van der Waals surface area (Å²) in [7, 11) is -1.97. The van der Waals surface area contributed by atoms with Gasteiger partial charge in [-0.05, 0) is 67.8 Å². The number of rotatable bonds is 7. The lowest BCUT2D eigenvalue weighted by Gasteiger charge is -2.19. The molecule has 0 aliphatic heterocycles. The van der Waals surface area contributed by atoms with E-state index >= 15 is 0 Å². The molecule has 0 N–H and O–H groups in total. The smallest absolute Gasteiger partial charge is 0.260 e. The molecule has 1 aliphatic rings. The summed E-state index contributed by atoms with van der Waals surface area (Å²) in [6.07, 6.45) is 3.34. The van der Waals surface area contributed by atoms with E-state index in [2.05, 4.69) is 0 Å². The second-order valence-corrected chi connectivity index (χ2v) is 11.2. The van der Waals surface area contributed by atoms with Crippen molar-refractivity contribution in [2.75, 3.05) is 11.9 Å². The van der Waals surface area contributed by atoms with Crippen molar-refractivity contribution in [2.45, 2.75) is 37.2 Å². The van der Waals surface area contributed by atoms with Gasteiger partial charge in [0, 0.05) is 18.7 Å². The minimum absolute atomic E-state index is 0.0718. The van der Waals surface area contributed by atoms with Gasteiger partial charge in [0.1, 0.15) is 5.76 Å². The van der Waals surface area contributed by atoms with Crippen LogP contribution in [0.15, 0.2) is 70.2 Å². The molecule has 2 heterocycles. The fraction of sp³-hybridized carbons (Fsp3) is 0.250. The van der Waals surface area contributed by atoms with Crippen molar-refractivity contribution in [3.8, 4) is 0 Å². The van der Waals surface area contributed by atoms with Crippen molar-refractivity contribution in [3.63, 3.8) is 0 Å². The molecule has 2 aromatic carbocycles. The third-order valence-corrected chi connectivity index (χ3v) is 8.79. The number of carbonyl (C=O) groups is 1. The topological polar surface area (TPSA) is 83.7 Å². The van der Waals surface area contributed by atoms with E-state index in [1.54, 1.807) is 36.4 Å². The Balaban J connectivity index is 1.48. The number of carbonyl (C=O) groups excluding carboxylic acids is 1. The number of aryl methyl sites for hydroxylation is 1. The number of para-hydroxylation sites is 1. The fourth-order valence-corrected chi connectivity index (χ4v) is 6.16. The highest BCUT2D eigenvalue weighted by molar-refractivity contribution is 7.89. The van der Waals surface area contributed by atoms with E-state index in [1.165, 1.54) is 27.8 Å². The van der Waals surface area contributed by atoms with E-state index in [9.17, 15) is 13.2 Å². The highest BCUT2D eigenvalue weighted by Gasteiger charge is 2.35. The number of hydrogen-bond donors (Lipinski definition) is 0. The van der Waals surface area contributed by atoms with Crippen LogP contribution in [-0.4, -0.2) is 36.7 Å². The molecule has 0 bridgehead atoms. The van der Waals surface area contributed by atoms with Gasteiger partial charge in [0.25, 0.3) is 5.91 Å². The van der Waals surface area contributed by atoms with Gasteiger partial charge in [0.15, 0.2) is 5.13 Å². The maximum Gasteiger partial charge on any atom is 0.260 e. The summed E-state index contributed by atoms with van der Waals surface area (Å²) >= 11 is 1.44. The average Bonchev–Trinajstić information content (AvgIpc) is 3.35. The van der Waals surface area contributed by atoms with Crippen LogP contribution in [0.2, 0.25) is 0 Å². The van der Waals surface area contributed by atoms with E-state index in [4.69, 9.17) is 9.40 Å². The van der Waals surface area contributed by atoms with Crippen LogP contribution in [0.5, 0.6) is 0 Å². The molecule has 0 saturated heterocycles. The minimum atomic E-state index is -3.57. The Hall–Kier alpha value is -3.01. The van der Waals surface area contributed by atoms with E-state index in [0.29, 0.717) is 16.5 Å². The Morgan fingerprint density at radius 2 is 1.88 bits per heavy atom. The SMILES string of the molecule is Cc1cccc2sc(N(Cc3ccco3)C(=O)c3ccc(S(=O)(=O)N(C)C4CC4)cc3)nc12. The van der Waals surface area contributed by atoms with Gasteiger partial charge >= 0.3 is 0 Å². The summed E-state index contributed by atoms with van der Waals surface area (Å²) in [4.78, 5) is 20.0. The first kappa shape index (κ1) is 21.8. The highest BCUT2D eigenvalue weighted by atomic mass is 32.2. The number of benzene rings is 2. The number of nitrogens with zero attached hydrogens (tertiary/aromatic N) is 3. The number of thiazole rings is 1. The number of fused-ring (bicyclic) bond motifs is 1. The maximum absolute atomic E-state index is 13.5. The molecule has 5 rings (SSSR count). The van der Waals surface area contributed by atoms with Crippen LogP contribution >= 0.6 is 11.3 Å². The summed E-state index contributed by atoms with van der Waals surface area (Å²) in [5.74, 6) is 0.354. The van der Waals surface area contributed by atoms with Gasteiger partial charge in [-0.1, -0.05) is 23.5 Å². The second kappa shape index (κ2) is 8.40. The molecule has 2 aromatic heterocycles. The molecule has 0 unspecified atom stereocenters. The van der Waals surface area contributed by atoms with Crippen molar-refractivity contribution in [2.24, 2.45) is 0 Å². The first-order chi connectivity index (χ1) is 15.8. The standard InChI is InChI=1S/C24H23N3O4S2/c1-16-5-3-7-21-22(16)25-24(32-21)27(15-19-6-4-14-31-19)23(28)17-8-12-20(13-9-17)33(29,30)26(2)18-10-11-18/h3-9,12-14,18H,10-11,15H2,1-2H3. The molecule has 170 valence electrons. The van der Waals surface area contributed by atoms with Crippen LogP contribution in [0.25, 0.3) is 10.2 Å². The molecule has 1 saturated carbocycles. The summed E-state index contributed by atoms with van der Waals surface area (Å²) in [5, 5.41) is 0.561. The van der Waals surface area contributed by atoms with E-state index < -0.39 is 10.0 Å². The third-order valence-electron chi connectivity index (χ3n) is 5.82. The molecule has 9 heteroatoms. The average molecular weight is 482 g/mol. The van der Waals surface area contributed by atoms with Crippen LogP contribution < -0.4 is 4.90 Å². The molecule has 4 aromatic rings. The summed E-state index contributed by atoms with van der Waals surface area (Å²) in [6, 6.07) is 15.7. The monoisotopic (exact) mass is 481 g/mol. The first-order valence-electron chi connectivity index (χ1n) is 10.6. The van der Waals surface area contributed by atoms with Gasteiger partial charge in [0.05, 0.1) is 27.9 Å². The normalized spacial score (nSPS) is 14.2. The van der Waals surface area contributed by atoms with Gasteiger partial charge in [-0.3, -0.25) is 9.69 Å². The van der Waals surface area contributed by atoms with Crippen LogP contribution in [0, 0.1) is 6.92 Å². The Morgan fingerprint density at radius 1 is 1.12 bits per heavy atom. The van der Waals surface area contributed by atoms with E-state index in [0.717, 1.165) is 28.6 Å². The zero-order chi connectivity index (χ0) is 23.2. The lowest BCUT2D eigenvalue weighted by atomic mass is 10.2. The van der Waals surface area contributed by atoms with Crippen LogP contribution in [0.3, 0.4) is 0 Å². The minimum Gasteiger partial charge on any atom is -0.467 e. The first-order valence-corrected chi connectivity index (χ1v) is 12.9. The van der Waals surface area contributed by atoms with Gasteiger partial charge in [-0.25, -0.2) is 13.4 Å². The second-order valence-electron chi connectivity index (χ2n) is 8.17. The molecule has 1 amide bonds. The molecule has 1 aliphatic carbocycles. The molecule has 1 fully saturated rings. The zero-order valence-electron chi connectivity index (χ0n) is 18.3. The molecule has 0 atom stereocenters. The summed E-state index contributed by atoms with van der Waals surface area (Å²) in [5.41, 5.74) is 2.28. The Morgan fingerprint density at radius 3 is 2.52 bits per heavy atom. The van der Waals surface area contributed by atoms with Crippen molar-refractivity contribution in [1.82, 2.24) is 9.29 Å². The van der Waals surface area contributed by atoms with Crippen LogP contribution in [0.4, 0.5) is 5.13 Å². The molecule has 7 nitrogen and oxygen atoms in total. The predicted octanol–water partition coefficient (Wildman–Crippen LogP) is 4.83. The van der Waals surface area contributed by atoms with Crippen molar-refractivity contribution in [1.29, 1.82) is 0 Å². The molecule has 33 heavy (non-hydrogen) atoms. The van der Waals surface area contributed by atoms with E-state index in [-0.39, 0.29) is 23.4 Å². The van der Waals surface area contributed by atoms with Crippen molar-refractivity contribution < 1.29 is 17.6 Å². The summed E-state index contributed by atoms with van der Waals surface area (Å²) < 4.78 is 33.5.